The van der Waals surface area contributed by atoms with Gasteiger partial charge < -0.3 is 25.4 Å². The topological polar surface area (TPSA) is 116 Å². The second-order valence-corrected chi connectivity index (χ2v) is 12.2. The van der Waals surface area contributed by atoms with E-state index in [1.807, 2.05) is 24.3 Å². The molecule has 0 aliphatic heterocycles. The van der Waals surface area contributed by atoms with Crippen LogP contribution in [0.4, 0.5) is 0 Å². The molecule has 7 nitrogen and oxygen atoms in total. The van der Waals surface area contributed by atoms with Crippen molar-refractivity contribution in [3.63, 3.8) is 0 Å². The summed E-state index contributed by atoms with van der Waals surface area (Å²) in [5.74, 6) is 0.0149. The molecule has 0 heterocycles. The molecule has 1 aliphatic carbocycles. The van der Waals surface area contributed by atoms with Crippen molar-refractivity contribution in [1.82, 2.24) is 5.32 Å². The summed E-state index contributed by atoms with van der Waals surface area (Å²) in [6.07, 6.45) is 3.50. The van der Waals surface area contributed by atoms with Crippen LogP contribution in [0.15, 0.2) is 71.6 Å². The van der Waals surface area contributed by atoms with Gasteiger partial charge in [-0.3, -0.25) is 0 Å². The van der Waals surface area contributed by atoms with Gasteiger partial charge >= 0.3 is 0 Å². The Balaban J connectivity index is 1.23. The number of hydrogen-bond acceptors (Lipinski definition) is 7. The predicted molar refractivity (Wildman–Crippen MR) is 146 cm³/mol. The highest BCUT2D eigenvalue weighted by Crippen LogP contribution is 2.30. The van der Waals surface area contributed by atoms with Gasteiger partial charge in [0.2, 0.25) is 0 Å². The van der Waals surface area contributed by atoms with Crippen LogP contribution in [0, 0.1) is 0 Å². The number of aliphatic hydroxyl groups is 2. The first kappa shape index (κ1) is 28.3. The summed E-state index contributed by atoms with van der Waals surface area (Å²) in [4.78, 5) is 0.393. The Morgan fingerprint density at radius 1 is 0.921 bits per heavy atom. The fourth-order valence-corrected chi connectivity index (χ4v) is 6.82. The number of aliphatic hydroxyl groups excluding tert-OH is 2. The fourth-order valence-electron chi connectivity index (χ4n) is 4.89. The lowest BCUT2D eigenvalue weighted by molar-refractivity contribution is 0.107. The minimum atomic E-state index is -3.28. The maximum atomic E-state index is 12.9. The van der Waals surface area contributed by atoms with Crippen LogP contribution in [0.2, 0.25) is 0 Å². The molecule has 3 aromatic carbocycles. The highest BCUT2D eigenvalue weighted by Gasteiger charge is 2.30. The molecule has 0 unspecified atom stereocenters. The zero-order chi connectivity index (χ0) is 27.0. The average Bonchev–Trinajstić information content (AvgIpc) is 3.48. The maximum Gasteiger partial charge on any atom is 0.181 e. The molecule has 8 heteroatoms. The SMILES string of the molecule is O=S(=O)(c1cccc(COCc2cccc(CCNC[C@H](O)c3ccc(O)c(CO)c3)c2)c1)C1CCCC1. The van der Waals surface area contributed by atoms with E-state index in [4.69, 9.17) is 4.74 Å². The molecule has 1 aliphatic rings. The van der Waals surface area contributed by atoms with E-state index in [0.717, 1.165) is 48.8 Å². The van der Waals surface area contributed by atoms with Gasteiger partial charge in [-0.2, -0.15) is 0 Å². The minimum Gasteiger partial charge on any atom is -0.508 e. The van der Waals surface area contributed by atoms with E-state index in [1.54, 1.807) is 30.3 Å². The first-order chi connectivity index (χ1) is 18.4. The summed E-state index contributed by atoms with van der Waals surface area (Å²) in [6, 6.07) is 20.0. The molecular weight excluding hydrogens is 502 g/mol. The lowest BCUT2D eigenvalue weighted by atomic mass is 10.0. The smallest absolute Gasteiger partial charge is 0.181 e. The molecule has 38 heavy (non-hydrogen) atoms. The van der Waals surface area contributed by atoms with Gasteiger partial charge in [-0.1, -0.05) is 55.3 Å². The van der Waals surface area contributed by atoms with Crippen LogP contribution in [-0.2, 0) is 40.8 Å². The predicted octanol–water partition coefficient (Wildman–Crippen LogP) is 4.18. The van der Waals surface area contributed by atoms with Crippen molar-refractivity contribution >= 4 is 9.84 Å². The maximum absolute atomic E-state index is 12.9. The molecule has 0 aromatic heterocycles. The van der Waals surface area contributed by atoms with E-state index in [0.29, 0.717) is 42.3 Å². The third-order valence-corrected chi connectivity index (χ3v) is 9.34. The number of benzene rings is 3. The molecular formula is C30H37NO6S. The Labute approximate surface area is 225 Å². The van der Waals surface area contributed by atoms with E-state index in [9.17, 15) is 23.7 Å². The van der Waals surface area contributed by atoms with Gasteiger partial charge in [0.15, 0.2) is 9.84 Å². The summed E-state index contributed by atoms with van der Waals surface area (Å²) in [6.45, 7) is 1.51. The van der Waals surface area contributed by atoms with Gasteiger partial charge in [0.05, 0.1) is 36.1 Å². The lowest BCUT2D eigenvalue weighted by Gasteiger charge is -2.14. The van der Waals surface area contributed by atoms with Crippen molar-refractivity contribution in [1.29, 1.82) is 0 Å². The van der Waals surface area contributed by atoms with E-state index in [-0.39, 0.29) is 17.6 Å². The highest BCUT2D eigenvalue weighted by atomic mass is 32.2. The lowest BCUT2D eigenvalue weighted by Crippen LogP contribution is -2.23. The standard InChI is InChI=1S/C30H37NO6S/c32-19-26-17-25(11-12-29(26)33)30(34)18-31-14-13-22-5-3-6-23(15-22)20-37-21-24-7-4-10-28(16-24)38(35,36)27-8-1-2-9-27/h3-7,10-12,15-17,27,30-34H,1-2,8-9,13-14,18-21H2/t30-/m0/s1. The second-order valence-electron chi connectivity index (χ2n) is 9.93. The van der Waals surface area contributed by atoms with E-state index in [2.05, 4.69) is 11.4 Å². The molecule has 0 bridgehead atoms. The molecule has 1 saturated carbocycles. The van der Waals surface area contributed by atoms with Gasteiger partial charge in [-0.25, -0.2) is 8.42 Å². The molecule has 4 N–H and O–H groups in total. The molecule has 0 saturated heterocycles. The zero-order valence-electron chi connectivity index (χ0n) is 21.6. The van der Waals surface area contributed by atoms with Crippen molar-refractivity contribution in [3.8, 4) is 5.75 Å². The number of hydrogen-bond donors (Lipinski definition) is 4. The van der Waals surface area contributed by atoms with Crippen molar-refractivity contribution < 1.29 is 28.5 Å². The van der Waals surface area contributed by atoms with Crippen LogP contribution < -0.4 is 5.32 Å². The Bertz CT molecular complexity index is 1300. The van der Waals surface area contributed by atoms with Crippen LogP contribution in [-0.4, -0.2) is 42.1 Å². The monoisotopic (exact) mass is 539 g/mol. The van der Waals surface area contributed by atoms with Crippen molar-refractivity contribution in [3.05, 3.63) is 94.5 Å². The third kappa shape index (κ3) is 7.42. The van der Waals surface area contributed by atoms with E-state index < -0.39 is 15.9 Å². The number of aromatic hydroxyl groups is 1. The van der Waals surface area contributed by atoms with Crippen molar-refractivity contribution in [2.75, 3.05) is 13.1 Å². The van der Waals surface area contributed by atoms with Crippen molar-refractivity contribution in [2.24, 2.45) is 0 Å². The Morgan fingerprint density at radius 2 is 1.61 bits per heavy atom. The quantitative estimate of drug-likeness (QED) is 0.241. The second kappa shape index (κ2) is 13.4. The van der Waals surface area contributed by atoms with Crippen molar-refractivity contribution in [2.45, 2.75) is 68.2 Å². The number of sulfone groups is 1. The van der Waals surface area contributed by atoms with Crippen LogP contribution in [0.1, 0.15) is 59.6 Å². The zero-order valence-corrected chi connectivity index (χ0v) is 22.4. The van der Waals surface area contributed by atoms with Crippen LogP contribution in [0.5, 0.6) is 5.75 Å². The molecule has 1 fully saturated rings. The van der Waals surface area contributed by atoms with Gasteiger partial charge in [-0.05, 0) is 72.3 Å². The first-order valence-electron chi connectivity index (χ1n) is 13.2. The number of rotatable bonds is 13. The number of nitrogens with one attached hydrogen (secondary N) is 1. The third-order valence-electron chi connectivity index (χ3n) is 7.08. The summed E-state index contributed by atoms with van der Waals surface area (Å²) >= 11 is 0. The van der Waals surface area contributed by atoms with E-state index >= 15 is 0 Å². The van der Waals surface area contributed by atoms with Gasteiger partial charge in [0, 0.05) is 12.1 Å². The average molecular weight is 540 g/mol. The summed E-state index contributed by atoms with van der Waals surface area (Å²) in [5.41, 5.74) is 4.06. The number of ether oxygens (including phenoxy) is 1. The van der Waals surface area contributed by atoms with Gasteiger partial charge in [-0.15, -0.1) is 0 Å². The highest BCUT2D eigenvalue weighted by molar-refractivity contribution is 7.92. The van der Waals surface area contributed by atoms with Gasteiger partial charge in [0.25, 0.3) is 0 Å². The summed E-state index contributed by atoms with van der Waals surface area (Å²) < 4.78 is 31.7. The summed E-state index contributed by atoms with van der Waals surface area (Å²) in [7, 11) is -3.28. The molecule has 204 valence electrons. The molecule has 1 atom stereocenters. The molecule has 4 rings (SSSR count). The summed E-state index contributed by atoms with van der Waals surface area (Å²) in [5, 5.41) is 32.4. The largest absolute Gasteiger partial charge is 0.508 e. The molecule has 0 spiro atoms. The first-order valence-corrected chi connectivity index (χ1v) is 14.7. The normalized spacial score (nSPS) is 15.1. The number of phenols is 1. The van der Waals surface area contributed by atoms with Crippen LogP contribution in [0.3, 0.4) is 0 Å². The van der Waals surface area contributed by atoms with Crippen LogP contribution >= 0.6 is 0 Å². The van der Waals surface area contributed by atoms with E-state index in [1.165, 1.54) is 6.07 Å². The van der Waals surface area contributed by atoms with Crippen LogP contribution in [0.25, 0.3) is 0 Å². The Kier molecular flexibility index (Phi) is 9.93. The molecule has 0 amide bonds. The Hall–Kier alpha value is -2.75. The molecule has 3 aromatic rings. The fraction of sp³-hybridized carbons (Fsp3) is 0.400. The minimum absolute atomic E-state index is 0.0149. The van der Waals surface area contributed by atoms with Gasteiger partial charge in [0.1, 0.15) is 5.75 Å². The molecule has 0 radical (unpaired) electrons. The Morgan fingerprint density at radius 3 is 2.34 bits per heavy atom.